The lowest BCUT2D eigenvalue weighted by Crippen LogP contribution is -2.27. The molecule has 0 spiro atoms. The number of hydrogen-bond donors (Lipinski definition) is 1. The van der Waals surface area contributed by atoms with Gasteiger partial charge in [-0.25, -0.2) is 9.97 Å². The number of hydrogen-bond acceptors (Lipinski definition) is 4. The summed E-state index contributed by atoms with van der Waals surface area (Å²) >= 11 is 0. The number of carbonyl (C=O) groups excluding carboxylic acids is 1. The quantitative estimate of drug-likeness (QED) is 0.787. The van der Waals surface area contributed by atoms with E-state index < -0.39 is 0 Å². The van der Waals surface area contributed by atoms with Gasteiger partial charge in [-0.05, 0) is 30.5 Å². The zero-order chi connectivity index (χ0) is 17.9. The molecule has 0 aliphatic carbocycles. The highest BCUT2D eigenvalue weighted by atomic mass is 16.1. The van der Waals surface area contributed by atoms with Crippen molar-refractivity contribution < 1.29 is 4.79 Å². The number of carbonyl (C=O) groups is 1. The molecule has 26 heavy (non-hydrogen) atoms. The van der Waals surface area contributed by atoms with Crippen LogP contribution in [0.2, 0.25) is 0 Å². The lowest BCUT2D eigenvalue weighted by atomic mass is 10.1. The number of aromatic nitrogens is 2. The molecule has 0 saturated heterocycles. The molecule has 3 aromatic rings. The topological polar surface area (TPSA) is 58.1 Å². The van der Waals surface area contributed by atoms with Crippen LogP contribution in [-0.2, 0) is 13.0 Å². The Morgan fingerprint density at radius 3 is 2.54 bits per heavy atom. The first-order chi connectivity index (χ1) is 12.7. The van der Waals surface area contributed by atoms with E-state index in [1.807, 2.05) is 36.4 Å². The Hall–Kier alpha value is -3.21. The van der Waals surface area contributed by atoms with E-state index >= 15 is 0 Å². The molecule has 1 amide bonds. The summed E-state index contributed by atoms with van der Waals surface area (Å²) in [5.74, 6) is 0.456. The van der Waals surface area contributed by atoms with Gasteiger partial charge in [0.05, 0.1) is 5.56 Å². The van der Waals surface area contributed by atoms with Gasteiger partial charge >= 0.3 is 0 Å². The first-order valence-electron chi connectivity index (χ1n) is 8.73. The second kappa shape index (κ2) is 6.96. The summed E-state index contributed by atoms with van der Waals surface area (Å²) in [5, 5.41) is 2.90. The standard InChI is InChI=1S/C21H20N4O/c1-15-11-17-9-5-6-10-19(17)25(15)21-23-13-18(14-24-21)20(26)22-12-16-7-3-2-4-8-16/h2-10,13-15H,11-12H2,1H3,(H,22,26). The minimum absolute atomic E-state index is 0.171. The maximum atomic E-state index is 12.3. The fourth-order valence-corrected chi connectivity index (χ4v) is 3.31. The lowest BCUT2D eigenvalue weighted by Gasteiger charge is -2.22. The second-order valence-corrected chi connectivity index (χ2v) is 6.49. The Morgan fingerprint density at radius 1 is 1.08 bits per heavy atom. The summed E-state index contributed by atoms with van der Waals surface area (Å²) < 4.78 is 0. The number of anilines is 2. The summed E-state index contributed by atoms with van der Waals surface area (Å²) in [6, 6.07) is 18.4. The average Bonchev–Trinajstić information content (AvgIpc) is 3.03. The molecular weight excluding hydrogens is 324 g/mol. The molecule has 2 aromatic carbocycles. The van der Waals surface area contributed by atoms with Crippen molar-refractivity contribution in [1.29, 1.82) is 0 Å². The van der Waals surface area contributed by atoms with Crippen molar-refractivity contribution in [2.45, 2.75) is 25.9 Å². The molecule has 0 saturated carbocycles. The minimum Gasteiger partial charge on any atom is -0.348 e. The number of amides is 1. The first kappa shape index (κ1) is 16.3. The SMILES string of the molecule is CC1Cc2ccccc2N1c1ncc(C(=O)NCc2ccccc2)cn1. The molecule has 1 aliphatic rings. The highest BCUT2D eigenvalue weighted by Crippen LogP contribution is 2.35. The van der Waals surface area contributed by atoms with Crippen LogP contribution in [0.5, 0.6) is 0 Å². The van der Waals surface area contributed by atoms with Crippen LogP contribution in [0.25, 0.3) is 0 Å². The van der Waals surface area contributed by atoms with E-state index in [-0.39, 0.29) is 5.91 Å². The van der Waals surface area contributed by atoms with Gasteiger partial charge < -0.3 is 10.2 Å². The molecule has 5 nitrogen and oxygen atoms in total. The molecule has 0 radical (unpaired) electrons. The molecule has 4 rings (SSSR count). The highest BCUT2D eigenvalue weighted by molar-refractivity contribution is 5.93. The van der Waals surface area contributed by atoms with Crippen molar-refractivity contribution in [3.63, 3.8) is 0 Å². The zero-order valence-electron chi connectivity index (χ0n) is 14.6. The third-order valence-corrected chi connectivity index (χ3v) is 4.62. The van der Waals surface area contributed by atoms with Gasteiger partial charge in [0.2, 0.25) is 5.95 Å². The number of benzene rings is 2. The normalized spacial score (nSPS) is 15.6. The Kier molecular flexibility index (Phi) is 4.35. The van der Waals surface area contributed by atoms with E-state index in [0.717, 1.165) is 17.7 Å². The Morgan fingerprint density at radius 2 is 1.77 bits per heavy atom. The monoisotopic (exact) mass is 344 g/mol. The van der Waals surface area contributed by atoms with Crippen molar-refractivity contribution in [3.8, 4) is 0 Å². The van der Waals surface area contributed by atoms with Crippen molar-refractivity contribution in [3.05, 3.63) is 83.7 Å². The zero-order valence-corrected chi connectivity index (χ0v) is 14.6. The molecule has 130 valence electrons. The summed E-state index contributed by atoms with van der Waals surface area (Å²) in [5.41, 5.74) is 3.96. The van der Waals surface area contributed by atoms with E-state index in [2.05, 4.69) is 45.3 Å². The van der Waals surface area contributed by atoms with E-state index in [1.165, 1.54) is 5.56 Å². The molecule has 5 heteroatoms. The van der Waals surface area contributed by atoms with Gasteiger partial charge in [-0.2, -0.15) is 0 Å². The number of rotatable bonds is 4. The number of nitrogens with zero attached hydrogens (tertiary/aromatic N) is 3. The first-order valence-corrected chi connectivity index (χ1v) is 8.73. The third-order valence-electron chi connectivity index (χ3n) is 4.62. The summed E-state index contributed by atoms with van der Waals surface area (Å²) in [6.45, 7) is 2.64. The smallest absolute Gasteiger partial charge is 0.254 e. The van der Waals surface area contributed by atoms with Gasteiger partial charge in [0.1, 0.15) is 0 Å². The van der Waals surface area contributed by atoms with Gasteiger partial charge in [0.15, 0.2) is 0 Å². The largest absolute Gasteiger partial charge is 0.348 e. The Balaban J connectivity index is 1.48. The molecule has 0 bridgehead atoms. The maximum absolute atomic E-state index is 12.3. The average molecular weight is 344 g/mol. The van der Waals surface area contributed by atoms with Crippen LogP contribution in [0.15, 0.2) is 67.0 Å². The van der Waals surface area contributed by atoms with Crippen LogP contribution >= 0.6 is 0 Å². The number of fused-ring (bicyclic) bond motifs is 1. The highest BCUT2D eigenvalue weighted by Gasteiger charge is 2.28. The predicted molar refractivity (Wildman–Crippen MR) is 101 cm³/mol. The summed E-state index contributed by atoms with van der Waals surface area (Å²) in [4.78, 5) is 23.3. The van der Waals surface area contributed by atoms with Crippen LogP contribution in [-0.4, -0.2) is 21.9 Å². The number of nitrogens with one attached hydrogen (secondary N) is 1. The summed E-state index contributed by atoms with van der Waals surface area (Å²) in [6.07, 6.45) is 4.16. The number of para-hydroxylation sites is 1. The molecule has 1 aliphatic heterocycles. The van der Waals surface area contributed by atoms with Crippen LogP contribution in [0.1, 0.15) is 28.4 Å². The van der Waals surface area contributed by atoms with Gasteiger partial charge in [-0.15, -0.1) is 0 Å². The van der Waals surface area contributed by atoms with Gasteiger partial charge in [-0.3, -0.25) is 4.79 Å². The van der Waals surface area contributed by atoms with E-state index in [1.54, 1.807) is 12.4 Å². The fraction of sp³-hybridized carbons (Fsp3) is 0.190. The Bertz CT molecular complexity index is 909. The molecular formula is C21H20N4O. The van der Waals surface area contributed by atoms with E-state index in [0.29, 0.717) is 24.1 Å². The lowest BCUT2D eigenvalue weighted by molar-refractivity contribution is 0.0950. The minimum atomic E-state index is -0.171. The van der Waals surface area contributed by atoms with Crippen molar-refractivity contribution in [2.24, 2.45) is 0 Å². The van der Waals surface area contributed by atoms with Gasteiger partial charge in [0, 0.05) is 30.7 Å². The summed E-state index contributed by atoms with van der Waals surface area (Å²) in [7, 11) is 0. The second-order valence-electron chi connectivity index (χ2n) is 6.49. The molecule has 1 unspecified atom stereocenters. The van der Waals surface area contributed by atoms with Crippen LogP contribution in [0.4, 0.5) is 11.6 Å². The fourth-order valence-electron chi connectivity index (χ4n) is 3.31. The van der Waals surface area contributed by atoms with Gasteiger partial charge in [0.25, 0.3) is 5.91 Å². The third kappa shape index (κ3) is 3.16. The van der Waals surface area contributed by atoms with Crippen molar-refractivity contribution in [1.82, 2.24) is 15.3 Å². The van der Waals surface area contributed by atoms with Crippen molar-refractivity contribution in [2.75, 3.05) is 4.90 Å². The maximum Gasteiger partial charge on any atom is 0.254 e. The Labute approximate surface area is 152 Å². The molecule has 0 fully saturated rings. The molecule has 1 atom stereocenters. The molecule has 1 aromatic heterocycles. The van der Waals surface area contributed by atoms with Crippen LogP contribution < -0.4 is 10.2 Å². The van der Waals surface area contributed by atoms with Crippen LogP contribution in [0, 0.1) is 0 Å². The predicted octanol–water partition coefficient (Wildman–Crippen LogP) is 3.49. The molecule has 1 N–H and O–H groups in total. The van der Waals surface area contributed by atoms with Crippen molar-refractivity contribution >= 4 is 17.5 Å². The van der Waals surface area contributed by atoms with E-state index in [4.69, 9.17) is 0 Å². The molecule has 2 heterocycles. The van der Waals surface area contributed by atoms with E-state index in [9.17, 15) is 4.79 Å². The van der Waals surface area contributed by atoms with Crippen LogP contribution in [0.3, 0.4) is 0 Å². The van der Waals surface area contributed by atoms with Gasteiger partial charge in [-0.1, -0.05) is 48.5 Å².